The van der Waals surface area contributed by atoms with Crippen molar-refractivity contribution in [1.82, 2.24) is 19.8 Å². The molecule has 8 nitrogen and oxygen atoms in total. The van der Waals surface area contributed by atoms with Crippen molar-refractivity contribution < 1.29 is 9.59 Å². The monoisotopic (exact) mass is 310 g/mol. The average Bonchev–Trinajstić information content (AvgIpc) is 3.01. The number of nitrogens with zero attached hydrogens (tertiary/aromatic N) is 3. The van der Waals surface area contributed by atoms with Gasteiger partial charge in [-0.1, -0.05) is 11.4 Å². The Labute approximate surface area is 126 Å². The van der Waals surface area contributed by atoms with Crippen molar-refractivity contribution in [1.29, 1.82) is 0 Å². The number of nitrogens with one attached hydrogen (secondary N) is 2. The summed E-state index contributed by atoms with van der Waals surface area (Å²) in [5.74, 6) is 5.81. The number of carbonyl (C=O) groups excluding carboxylic acids is 2. The summed E-state index contributed by atoms with van der Waals surface area (Å²) in [5.41, 5.74) is 2.27. The first kappa shape index (κ1) is 14.2. The molecule has 1 spiro atoms. The number of nitrogen functional groups attached to an aromatic ring is 1. The van der Waals surface area contributed by atoms with Crippen molar-refractivity contribution >= 4 is 28.5 Å². The van der Waals surface area contributed by atoms with E-state index in [2.05, 4.69) is 27.3 Å². The van der Waals surface area contributed by atoms with Gasteiger partial charge in [0.1, 0.15) is 16.2 Å². The van der Waals surface area contributed by atoms with Gasteiger partial charge in [-0.05, 0) is 31.6 Å². The zero-order chi connectivity index (χ0) is 15.0. The van der Waals surface area contributed by atoms with Crippen molar-refractivity contribution in [2.75, 3.05) is 5.43 Å². The highest BCUT2D eigenvalue weighted by Crippen LogP contribution is 2.37. The van der Waals surface area contributed by atoms with Gasteiger partial charge in [0, 0.05) is 11.5 Å². The summed E-state index contributed by atoms with van der Waals surface area (Å²) in [5, 5.41) is 7.36. The predicted octanol–water partition coefficient (Wildman–Crippen LogP) is 0.824. The Morgan fingerprint density at radius 2 is 2.19 bits per heavy atom. The quantitative estimate of drug-likeness (QED) is 0.433. The van der Waals surface area contributed by atoms with Gasteiger partial charge >= 0.3 is 6.03 Å². The Hall–Kier alpha value is -1.74. The van der Waals surface area contributed by atoms with Crippen LogP contribution in [0.15, 0.2) is 0 Å². The summed E-state index contributed by atoms with van der Waals surface area (Å²) in [6.45, 7) is 2.27. The fourth-order valence-corrected chi connectivity index (χ4v) is 3.47. The Morgan fingerprint density at radius 3 is 2.86 bits per heavy atom. The third-order valence-corrected chi connectivity index (χ3v) is 5.07. The molecule has 1 aliphatic heterocycles. The Balaban J connectivity index is 1.78. The van der Waals surface area contributed by atoms with E-state index in [0.29, 0.717) is 29.5 Å². The number of hydrogen-bond donors (Lipinski definition) is 3. The predicted molar refractivity (Wildman–Crippen MR) is 77.2 cm³/mol. The molecule has 0 bridgehead atoms. The maximum absolute atomic E-state index is 12.7. The van der Waals surface area contributed by atoms with E-state index in [1.165, 1.54) is 4.90 Å². The Morgan fingerprint density at radius 1 is 1.48 bits per heavy atom. The molecule has 3 rings (SSSR count). The van der Waals surface area contributed by atoms with Gasteiger partial charge in [0.05, 0.1) is 6.54 Å². The molecule has 0 atom stereocenters. The van der Waals surface area contributed by atoms with Crippen LogP contribution in [0.25, 0.3) is 0 Å². The summed E-state index contributed by atoms with van der Waals surface area (Å²) < 4.78 is 3.78. The van der Waals surface area contributed by atoms with Crippen LogP contribution >= 0.6 is 11.5 Å². The molecular weight excluding hydrogens is 292 g/mol. The van der Waals surface area contributed by atoms with Crippen LogP contribution in [-0.4, -0.2) is 32.0 Å². The Bertz CT molecular complexity index is 566. The molecule has 114 valence electrons. The summed E-state index contributed by atoms with van der Waals surface area (Å²) in [6, 6.07) is -0.356. The number of aromatic nitrogens is 2. The lowest BCUT2D eigenvalue weighted by Gasteiger charge is -2.33. The number of amides is 3. The lowest BCUT2D eigenvalue weighted by molar-refractivity contribution is -0.133. The second-order valence-electron chi connectivity index (χ2n) is 5.78. The molecule has 1 aliphatic carbocycles. The van der Waals surface area contributed by atoms with Gasteiger partial charge < -0.3 is 10.7 Å². The minimum absolute atomic E-state index is 0.0952. The second kappa shape index (κ2) is 5.23. The maximum atomic E-state index is 12.7. The summed E-state index contributed by atoms with van der Waals surface area (Å²) in [4.78, 5) is 26.1. The van der Waals surface area contributed by atoms with E-state index in [1.54, 1.807) is 0 Å². The number of nitrogens with two attached hydrogens (primary N) is 1. The van der Waals surface area contributed by atoms with Gasteiger partial charge in [0.2, 0.25) is 0 Å². The van der Waals surface area contributed by atoms with Crippen LogP contribution in [0, 0.1) is 5.92 Å². The fraction of sp³-hybridized carbons (Fsp3) is 0.667. The van der Waals surface area contributed by atoms with E-state index >= 15 is 0 Å². The highest BCUT2D eigenvalue weighted by atomic mass is 32.1. The molecule has 21 heavy (non-hydrogen) atoms. The molecule has 0 aromatic carbocycles. The molecule has 1 saturated heterocycles. The van der Waals surface area contributed by atoms with Gasteiger partial charge in [-0.15, -0.1) is 5.10 Å². The molecule has 1 aromatic heterocycles. The highest BCUT2D eigenvalue weighted by molar-refractivity contribution is 7.10. The van der Waals surface area contributed by atoms with Crippen molar-refractivity contribution in [3.05, 3.63) is 5.69 Å². The molecule has 2 aliphatic rings. The normalized spacial score (nSPS) is 29.0. The number of urea groups is 1. The number of rotatable bonds is 3. The lowest BCUT2D eigenvalue weighted by atomic mass is 9.77. The fourth-order valence-electron chi connectivity index (χ4n) is 2.99. The molecule has 1 aromatic rings. The lowest BCUT2D eigenvalue weighted by Crippen LogP contribution is -2.49. The second-order valence-corrected chi connectivity index (χ2v) is 6.53. The number of anilines is 1. The van der Waals surface area contributed by atoms with Gasteiger partial charge in [-0.3, -0.25) is 9.69 Å². The van der Waals surface area contributed by atoms with Crippen LogP contribution in [0.1, 0.15) is 38.3 Å². The van der Waals surface area contributed by atoms with E-state index in [4.69, 9.17) is 5.84 Å². The molecule has 1 saturated carbocycles. The smallest absolute Gasteiger partial charge is 0.323 e. The van der Waals surface area contributed by atoms with Gasteiger partial charge in [-0.2, -0.15) is 0 Å². The molecule has 2 heterocycles. The van der Waals surface area contributed by atoms with Crippen molar-refractivity contribution in [3.63, 3.8) is 0 Å². The minimum atomic E-state index is -0.719. The Kier molecular flexibility index (Phi) is 3.54. The third kappa shape index (κ3) is 2.36. The zero-order valence-corrected chi connectivity index (χ0v) is 12.6. The molecule has 0 unspecified atom stereocenters. The average molecular weight is 310 g/mol. The summed E-state index contributed by atoms with van der Waals surface area (Å²) in [7, 11) is 0. The van der Waals surface area contributed by atoms with Crippen molar-refractivity contribution in [2.24, 2.45) is 11.8 Å². The van der Waals surface area contributed by atoms with Crippen molar-refractivity contribution in [3.8, 4) is 0 Å². The first-order chi connectivity index (χ1) is 10.1. The number of hydrogen-bond acceptors (Lipinski definition) is 7. The minimum Gasteiger partial charge on any atom is -0.323 e. The molecular formula is C12H18N6O2S. The van der Waals surface area contributed by atoms with E-state index in [9.17, 15) is 9.59 Å². The number of hydrazine groups is 1. The summed E-state index contributed by atoms with van der Waals surface area (Å²) in [6.07, 6.45) is 3.31. The largest absolute Gasteiger partial charge is 0.325 e. The third-order valence-electron chi connectivity index (χ3n) is 4.37. The van der Waals surface area contributed by atoms with Crippen LogP contribution in [0.2, 0.25) is 0 Å². The molecule has 2 fully saturated rings. The SMILES string of the molecule is CC1CCC2(CC1)NC(=O)N(Cc1nnsc1NN)C2=O. The van der Waals surface area contributed by atoms with Crippen LogP contribution in [0.5, 0.6) is 0 Å². The van der Waals surface area contributed by atoms with Gasteiger partial charge in [0.15, 0.2) is 0 Å². The molecule has 4 N–H and O–H groups in total. The van der Waals surface area contributed by atoms with Crippen LogP contribution in [0.4, 0.5) is 9.80 Å². The van der Waals surface area contributed by atoms with Crippen molar-refractivity contribution in [2.45, 2.75) is 44.7 Å². The van der Waals surface area contributed by atoms with E-state index < -0.39 is 5.54 Å². The van der Waals surface area contributed by atoms with Crippen LogP contribution in [-0.2, 0) is 11.3 Å². The summed E-state index contributed by atoms with van der Waals surface area (Å²) >= 11 is 1.10. The van der Waals surface area contributed by atoms with Gasteiger partial charge in [0.25, 0.3) is 5.91 Å². The molecule has 0 radical (unpaired) electrons. The molecule has 9 heteroatoms. The zero-order valence-electron chi connectivity index (χ0n) is 11.8. The van der Waals surface area contributed by atoms with E-state index in [-0.39, 0.29) is 18.5 Å². The highest BCUT2D eigenvalue weighted by Gasteiger charge is 2.52. The topological polar surface area (TPSA) is 113 Å². The van der Waals surface area contributed by atoms with E-state index in [0.717, 1.165) is 24.4 Å². The number of carbonyl (C=O) groups is 2. The molecule has 3 amide bonds. The number of imide groups is 1. The maximum Gasteiger partial charge on any atom is 0.325 e. The van der Waals surface area contributed by atoms with Gasteiger partial charge in [-0.25, -0.2) is 10.6 Å². The van der Waals surface area contributed by atoms with E-state index in [1.807, 2.05) is 0 Å². The first-order valence-electron chi connectivity index (χ1n) is 6.98. The van der Waals surface area contributed by atoms with Crippen LogP contribution in [0.3, 0.4) is 0 Å². The standard InChI is InChI=1S/C12H18N6O2S/c1-7-2-4-12(5-3-7)10(19)18(11(20)14-12)6-8-9(15-13)21-17-16-8/h7,15H,2-6,13H2,1H3,(H,14,20). The van der Waals surface area contributed by atoms with Crippen LogP contribution < -0.4 is 16.6 Å². The first-order valence-corrected chi connectivity index (χ1v) is 7.75.